The maximum absolute atomic E-state index is 13.0. The van der Waals surface area contributed by atoms with Gasteiger partial charge in [0.05, 0.1) is 6.20 Å². The van der Waals surface area contributed by atoms with Crippen molar-refractivity contribution >= 4 is 23.5 Å². The molecule has 0 aliphatic rings. The zero-order chi connectivity index (χ0) is 25.3. The van der Waals surface area contributed by atoms with Crippen LogP contribution in [0.25, 0.3) is 0 Å². The second kappa shape index (κ2) is 17.1. The molecule has 1 rings (SSSR count). The highest BCUT2D eigenvalue weighted by Crippen LogP contribution is 2.15. The fourth-order valence-electron chi connectivity index (χ4n) is 3.19. The first-order valence-electron chi connectivity index (χ1n) is 12.0. The van der Waals surface area contributed by atoms with Crippen molar-refractivity contribution in [1.82, 2.24) is 4.98 Å². The van der Waals surface area contributed by atoms with Crippen LogP contribution in [0.15, 0.2) is 64.9 Å². The van der Waals surface area contributed by atoms with Crippen molar-refractivity contribution in [1.29, 1.82) is 0 Å². The van der Waals surface area contributed by atoms with E-state index >= 15 is 0 Å². The lowest BCUT2D eigenvalue weighted by Crippen LogP contribution is -2.32. The van der Waals surface area contributed by atoms with Crippen LogP contribution < -0.4 is 5.32 Å². The lowest BCUT2D eigenvalue weighted by Gasteiger charge is -2.14. The van der Waals surface area contributed by atoms with Gasteiger partial charge < -0.3 is 10.4 Å². The first kappa shape index (κ1) is 29.7. The lowest BCUT2D eigenvalue weighted by molar-refractivity contribution is -0.137. The summed E-state index contributed by atoms with van der Waals surface area (Å²) < 4.78 is 13.0. The van der Waals surface area contributed by atoms with E-state index in [4.69, 9.17) is 0 Å². The summed E-state index contributed by atoms with van der Waals surface area (Å²) in [5.41, 5.74) is 5.60. The molecule has 0 spiro atoms. The normalized spacial score (nSPS) is 13.5. The van der Waals surface area contributed by atoms with Crippen LogP contribution in [0.2, 0.25) is 0 Å². The van der Waals surface area contributed by atoms with E-state index in [0.717, 1.165) is 50.5 Å². The Kier molecular flexibility index (Phi) is 15.0. The number of anilines is 1. The molecule has 0 aliphatic carbocycles. The van der Waals surface area contributed by atoms with Gasteiger partial charge in [-0.05, 0) is 85.3 Å². The van der Waals surface area contributed by atoms with Gasteiger partial charge in [-0.15, -0.1) is 0 Å². The lowest BCUT2D eigenvalue weighted by atomic mass is 10.0. The number of allylic oxidation sites excluding steroid dienone is 7. The van der Waals surface area contributed by atoms with Crippen molar-refractivity contribution in [3.8, 4) is 0 Å². The Morgan fingerprint density at radius 2 is 1.53 bits per heavy atom. The van der Waals surface area contributed by atoms with E-state index in [0.29, 0.717) is 11.6 Å². The SMILES string of the molecule is CC(C)=CCCC(C)=CCCC(C)=CCCC(C)=CCSCC(Nc1ccc(F)cn1)C(=O)O. The number of carbonyl (C=O) groups is 1. The fraction of sp³-hybridized carbons (Fsp3) is 0.500. The quantitative estimate of drug-likeness (QED) is 0.182. The second-order valence-electron chi connectivity index (χ2n) is 8.98. The van der Waals surface area contributed by atoms with Crippen molar-refractivity contribution < 1.29 is 14.3 Å². The average molecular weight is 489 g/mol. The molecule has 0 bridgehead atoms. The number of aromatic nitrogens is 1. The third-order valence-electron chi connectivity index (χ3n) is 5.34. The average Bonchev–Trinajstić information content (AvgIpc) is 2.76. The van der Waals surface area contributed by atoms with E-state index in [-0.39, 0.29) is 0 Å². The molecule has 0 radical (unpaired) electrons. The van der Waals surface area contributed by atoms with Crippen molar-refractivity contribution in [2.45, 2.75) is 79.2 Å². The Morgan fingerprint density at radius 3 is 2.03 bits per heavy atom. The first-order valence-corrected chi connectivity index (χ1v) is 13.1. The molecular formula is C28H41FN2O2S. The number of pyridine rings is 1. The first-order chi connectivity index (χ1) is 16.2. The smallest absolute Gasteiger partial charge is 0.327 e. The number of rotatable bonds is 16. The highest BCUT2D eigenvalue weighted by atomic mass is 32.2. The van der Waals surface area contributed by atoms with Crippen LogP contribution in [0, 0.1) is 5.82 Å². The van der Waals surface area contributed by atoms with Gasteiger partial charge in [0, 0.05) is 11.5 Å². The van der Waals surface area contributed by atoms with Crippen LogP contribution >= 0.6 is 11.8 Å². The van der Waals surface area contributed by atoms with Crippen LogP contribution in [0.5, 0.6) is 0 Å². The summed E-state index contributed by atoms with van der Waals surface area (Å²) in [6.45, 7) is 10.8. The molecule has 34 heavy (non-hydrogen) atoms. The number of halogens is 1. The number of hydrogen-bond acceptors (Lipinski definition) is 4. The summed E-state index contributed by atoms with van der Waals surface area (Å²) in [6, 6.07) is 1.93. The van der Waals surface area contributed by atoms with Crippen molar-refractivity contribution in [2.75, 3.05) is 16.8 Å². The van der Waals surface area contributed by atoms with Gasteiger partial charge in [-0.3, -0.25) is 0 Å². The number of carboxylic acid groups (broad SMARTS) is 1. The van der Waals surface area contributed by atoms with E-state index in [1.54, 1.807) is 11.8 Å². The minimum Gasteiger partial charge on any atom is -0.480 e. The van der Waals surface area contributed by atoms with Gasteiger partial charge in [0.1, 0.15) is 17.7 Å². The molecule has 2 N–H and O–H groups in total. The molecular weight excluding hydrogens is 447 g/mol. The topological polar surface area (TPSA) is 62.2 Å². The highest BCUT2D eigenvalue weighted by Gasteiger charge is 2.17. The van der Waals surface area contributed by atoms with Gasteiger partial charge in [-0.25, -0.2) is 14.2 Å². The van der Waals surface area contributed by atoms with E-state index in [2.05, 4.69) is 69.2 Å². The van der Waals surface area contributed by atoms with Crippen LogP contribution in [0.4, 0.5) is 10.2 Å². The Bertz CT molecular complexity index is 869. The number of carboxylic acids is 1. The molecule has 1 atom stereocenters. The Morgan fingerprint density at radius 1 is 0.971 bits per heavy atom. The van der Waals surface area contributed by atoms with Crippen LogP contribution in [0.3, 0.4) is 0 Å². The molecule has 0 saturated heterocycles. The number of aliphatic carboxylic acids is 1. The highest BCUT2D eigenvalue weighted by molar-refractivity contribution is 7.99. The Labute approximate surface area is 209 Å². The molecule has 0 fully saturated rings. The molecule has 1 aromatic rings. The fourth-order valence-corrected chi connectivity index (χ4v) is 4.19. The van der Waals surface area contributed by atoms with Gasteiger partial charge in [0.15, 0.2) is 0 Å². The minimum atomic E-state index is -0.946. The molecule has 4 nitrogen and oxygen atoms in total. The van der Waals surface area contributed by atoms with E-state index in [1.165, 1.54) is 34.4 Å². The summed E-state index contributed by atoms with van der Waals surface area (Å²) in [4.78, 5) is 15.3. The summed E-state index contributed by atoms with van der Waals surface area (Å²) in [5, 5.41) is 12.3. The van der Waals surface area contributed by atoms with E-state index in [1.807, 2.05) is 0 Å². The van der Waals surface area contributed by atoms with Crippen LogP contribution in [-0.4, -0.2) is 33.6 Å². The molecule has 1 aromatic heterocycles. The number of nitrogens with one attached hydrogen (secondary N) is 1. The Hall–Kier alpha value is -2.34. The summed E-state index contributed by atoms with van der Waals surface area (Å²) in [6.07, 6.45) is 16.7. The molecule has 0 aromatic carbocycles. The zero-order valence-corrected chi connectivity index (χ0v) is 22.2. The maximum Gasteiger partial charge on any atom is 0.327 e. The van der Waals surface area contributed by atoms with Gasteiger partial charge in [0.25, 0.3) is 0 Å². The van der Waals surface area contributed by atoms with Gasteiger partial charge in [-0.1, -0.05) is 46.6 Å². The maximum atomic E-state index is 13.0. The predicted molar refractivity (Wildman–Crippen MR) is 145 cm³/mol. The van der Waals surface area contributed by atoms with Crippen molar-refractivity contribution in [3.05, 3.63) is 70.7 Å². The number of hydrogen-bond donors (Lipinski definition) is 2. The zero-order valence-electron chi connectivity index (χ0n) is 21.4. The van der Waals surface area contributed by atoms with E-state index in [9.17, 15) is 14.3 Å². The number of thioether (sulfide) groups is 1. The molecule has 6 heteroatoms. The largest absolute Gasteiger partial charge is 0.480 e. The molecule has 0 aliphatic heterocycles. The predicted octanol–water partition coefficient (Wildman–Crippen LogP) is 7.96. The molecule has 0 saturated carbocycles. The third kappa shape index (κ3) is 14.7. The summed E-state index contributed by atoms with van der Waals surface area (Å²) in [5.74, 6) is 0.122. The third-order valence-corrected chi connectivity index (χ3v) is 6.31. The van der Waals surface area contributed by atoms with Gasteiger partial charge in [0.2, 0.25) is 0 Å². The van der Waals surface area contributed by atoms with Gasteiger partial charge in [-0.2, -0.15) is 11.8 Å². The monoisotopic (exact) mass is 488 g/mol. The molecule has 0 amide bonds. The molecule has 1 heterocycles. The summed E-state index contributed by atoms with van der Waals surface area (Å²) in [7, 11) is 0. The van der Waals surface area contributed by atoms with Crippen LogP contribution in [-0.2, 0) is 4.79 Å². The number of nitrogens with zero attached hydrogens (tertiary/aromatic N) is 1. The standard InChI is InChI=1S/C28H41FN2O2S/c1-21(2)9-6-10-22(3)11-7-12-23(4)13-8-14-24(5)17-18-34-20-26(28(32)33)31-27-16-15-25(29)19-30-27/h9,11,13,15-17,19,26H,6-8,10,12,14,18,20H2,1-5H3,(H,30,31)(H,32,33). The van der Waals surface area contributed by atoms with Crippen LogP contribution in [0.1, 0.15) is 73.1 Å². The van der Waals surface area contributed by atoms with Crippen molar-refractivity contribution in [2.24, 2.45) is 0 Å². The molecule has 1 unspecified atom stereocenters. The van der Waals surface area contributed by atoms with Gasteiger partial charge >= 0.3 is 5.97 Å². The second-order valence-corrected chi connectivity index (χ2v) is 10.1. The van der Waals surface area contributed by atoms with Crippen molar-refractivity contribution in [3.63, 3.8) is 0 Å². The minimum absolute atomic E-state index is 0.359. The Balaban J connectivity index is 2.30. The summed E-state index contributed by atoms with van der Waals surface area (Å²) >= 11 is 1.55. The van der Waals surface area contributed by atoms with E-state index < -0.39 is 17.8 Å². The molecule has 188 valence electrons.